The van der Waals surface area contributed by atoms with E-state index in [1.807, 2.05) is 0 Å². The molecule has 1 saturated carbocycles. The number of carbonyl (C=O) groups is 1. The number of hydrogen-bond donors (Lipinski definition) is 1. The fraction of sp³-hybridized carbons (Fsp3) is 0.889. The average molecular weight is 171 g/mol. The molecule has 0 amide bonds. The van der Waals surface area contributed by atoms with E-state index in [9.17, 15) is 4.79 Å². The van der Waals surface area contributed by atoms with E-state index in [0.29, 0.717) is 13.2 Å². The van der Waals surface area contributed by atoms with Crippen LogP contribution in [0.5, 0.6) is 0 Å². The molecule has 1 rings (SSSR count). The second-order valence-corrected chi connectivity index (χ2v) is 3.47. The Labute approximate surface area is 73.3 Å². The Balaban J connectivity index is 2.20. The lowest BCUT2D eigenvalue weighted by Crippen LogP contribution is -2.27. The molecule has 70 valence electrons. The van der Waals surface area contributed by atoms with E-state index in [1.165, 1.54) is 0 Å². The first-order valence-corrected chi connectivity index (χ1v) is 4.62. The Morgan fingerprint density at radius 1 is 1.58 bits per heavy atom. The SMILES string of the molecule is CCCCOC(=O)C1(CN)CC1. The van der Waals surface area contributed by atoms with Crippen LogP contribution in [0.25, 0.3) is 0 Å². The number of ether oxygens (including phenoxy) is 1. The zero-order valence-electron chi connectivity index (χ0n) is 7.64. The molecule has 0 radical (unpaired) electrons. The van der Waals surface area contributed by atoms with Gasteiger partial charge in [-0.25, -0.2) is 0 Å². The van der Waals surface area contributed by atoms with Crippen LogP contribution in [-0.2, 0) is 9.53 Å². The van der Waals surface area contributed by atoms with Gasteiger partial charge in [0.1, 0.15) is 0 Å². The van der Waals surface area contributed by atoms with E-state index in [1.54, 1.807) is 0 Å². The van der Waals surface area contributed by atoms with Gasteiger partial charge in [-0.1, -0.05) is 13.3 Å². The summed E-state index contributed by atoms with van der Waals surface area (Å²) in [6, 6.07) is 0. The van der Waals surface area contributed by atoms with Gasteiger partial charge in [0.15, 0.2) is 0 Å². The van der Waals surface area contributed by atoms with Gasteiger partial charge in [-0.3, -0.25) is 4.79 Å². The minimum atomic E-state index is -0.284. The summed E-state index contributed by atoms with van der Waals surface area (Å²) in [7, 11) is 0. The molecule has 0 saturated heterocycles. The zero-order chi connectivity index (χ0) is 9.03. The van der Waals surface area contributed by atoms with Crippen molar-refractivity contribution >= 4 is 5.97 Å². The maximum atomic E-state index is 11.3. The van der Waals surface area contributed by atoms with Crippen LogP contribution >= 0.6 is 0 Å². The molecule has 12 heavy (non-hydrogen) atoms. The summed E-state index contributed by atoms with van der Waals surface area (Å²) in [5, 5.41) is 0. The summed E-state index contributed by atoms with van der Waals surface area (Å²) in [5.74, 6) is -0.0848. The normalized spacial score (nSPS) is 18.8. The number of hydrogen-bond acceptors (Lipinski definition) is 3. The first-order chi connectivity index (χ1) is 5.75. The molecule has 0 bridgehead atoms. The Bertz CT molecular complexity index is 164. The maximum absolute atomic E-state index is 11.3. The molecule has 1 aliphatic carbocycles. The molecular formula is C9H17NO2. The highest BCUT2D eigenvalue weighted by molar-refractivity contribution is 5.80. The monoisotopic (exact) mass is 171 g/mol. The smallest absolute Gasteiger partial charge is 0.313 e. The van der Waals surface area contributed by atoms with E-state index >= 15 is 0 Å². The van der Waals surface area contributed by atoms with Crippen LogP contribution in [0.2, 0.25) is 0 Å². The number of rotatable bonds is 5. The highest BCUT2D eigenvalue weighted by Crippen LogP contribution is 2.45. The van der Waals surface area contributed by atoms with Gasteiger partial charge in [0, 0.05) is 6.54 Å². The molecular weight excluding hydrogens is 154 g/mol. The van der Waals surface area contributed by atoms with Gasteiger partial charge in [0.2, 0.25) is 0 Å². The molecule has 0 aliphatic heterocycles. The van der Waals surface area contributed by atoms with E-state index in [4.69, 9.17) is 10.5 Å². The molecule has 3 nitrogen and oxygen atoms in total. The molecule has 0 unspecified atom stereocenters. The number of esters is 1. The second kappa shape index (κ2) is 3.90. The molecule has 0 aromatic rings. The minimum Gasteiger partial charge on any atom is -0.465 e. The standard InChI is InChI=1S/C9H17NO2/c1-2-3-6-12-8(11)9(7-10)4-5-9/h2-7,10H2,1H3. The Morgan fingerprint density at radius 3 is 2.67 bits per heavy atom. The van der Waals surface area contributed by atoms with Crippen LogP contribution in [0.1, 0.15) is 32.6 Å². The van der Waals surface area contributed by atoms with Gasteiger partial charge in [-0.15, -0.1) is 0 Å². The minimum absolute atomic E-state index is 0.0848. The molecule has 1 aliphatic rings. The number of carbonyl (C=O) groups excluding carboxylic acids is 1. The van der Waals surface area contributed by atoms with Crippen LogP contribution < -0.4 is 5.73 Å². The number of nitrogens with two attached hydrogens (primary N) is 1. The molecule has 0 heterocycles. The van der Waals surface area contributed by atoms with Crippen LogP contribution in [-0.4, -0.2) is 19.1 Å². The Morgan fingerprint density at radius 2 is 2.25 bits per heavy atom. The summed E-state index contributed by atoms with van der Waals surface area (Å²) in [6.07, 6.45) is 3.83. The summed E-state index contributed by atoms with van der Waals surface area (Å²) in [4.78, 5) is 11.3. The van der Waals surface area contributed by atoms with Crippen LogP contribution in [0.15, 0.2) is 0 Å². The molecule has 0 aromatic carbocycles. The van der Waals surface area contributed by atoms with Crippen molar-refractivity contribution in [2.75, 3.05) is 13.2 Å². The summed E-state index contributed by atoms with van der Waals surface area (Å²) in [5.41, 5.74) is 5.19. The molecule has 0 atom stereocenters. The van der Waals surface area contributed by atoms with Gasteiger partial charge in [-0.2, -0.15) is 0 Å². The van der Waals surface area contributed by atoms with E-state index in [2.05, 4.69) is 6.92 Å². The van der Waals surface area contributed by atoms with Crippen LogP contribution in [0, 0.1) is 5.41 Å². The molecule has 2 N–H and O–H groups in total. The third kappa shape index (κ3) is 1.97. The predicted molar refractivity (Wildman–Crippen MR) is 46.6 cm³/mol. The van der Waals surface area contributed by atoms with Crippen LogP contribution in [0.4, 0.5) is 0 Å². The summed E-state index contributed by atoms with van der Waals surface area (Å²) >= 11 is 0. The quantitative estimate of drug-likeness (QED) is 0.497. The van der Waals surface area contributed by atoms with Crippen molar-refractivity contribution in [3.05, 3.63) is 0 Å². The van der Waals surface area contributed by atoms with E-state index in [0.717, 1.165) is 25.7 Å². The first-order valence-electron chi connectivity index (χ1n) is 4.62. The van der Waals surface area contributed by atoms with E-state index < -0.39 is 0 Å². The lowest BCUT2D eigenvalue weighted by Gasteiger charge is -2.10. The first kappa shape index (κ1) is 9.52. The van der Waals surface area contributed by atoms with Gasteiger partial charge in [0.25, 0.3) is 0 Å². The predicted octanol–water partition coefficient (Wildman–Crippen LogP) is 1.07. The lowest BCUT2D eigenvalue weighted by atomic mass is 10.1. The van der Waals surface area contributed by atoms with Crippen molar-refractivity contribution in [1.29, 1.82) is 0 Å². The second-order valence-electron chi connectivity index (χ2n) is 3.47. The largest absolute Gasteiger partial charge is 0.465 e. The lowest BCUT2D eigenvalue weighted by molar-refractivity contribution is -0.149. The fourth-order valence-corrected chi connectivity index (χ4v) is 1.10. The van der Waals surface area contributed by atoms with Crippen molar-refractivity contribution in [3.8, 4) is 0 Å². The van der Waals surface area contributed by atoms with Crippen molar-refractivity contribution < 1.29 is 9.53 Å². The van der Waals surface area contributed by atoms with Gasteiger partial charge in [-0.05, 0) is 19.3 Å². The third-order valence-electron chi connectivity index (χ3n) is 2.41. The summed E-state index contributed by atoms with van der Waals surface area (Å²) < 4.78 is 5.08. The maximum Gasteiger partial charge on any atom is 0.313 e. The molecule has 3 heteroatoms. The van der Waals surface area contributed by atoms with Crippen molar-refractivity contribution in [2.24, 2.45) is 11.1 Å². The highest BCUT2D eigenvalue weighted by Gasteiger charge is 2.49. The van der Waals surface area contributed by atoms with Gasteiger partial charge in [0.05, 0.1) is 12.0 Å². The summed E-state index contributed by atoms with van der Waals surface area (Å²) in [6.45, 7) is 3.07. The molecule has 0 aromatic heterocycles. The van der Waals surface area contributed by atoms with Crippen LogP contribution in [0.3, 0.4) is 0 Å². The topological polar surface area (TPSA) is 52.3 Å². The Kier molecular flexibility index (Phi) is 3.09. The van der Waals surface area contributed by atoms with Gasteiger partial charge < -0.3 is 10.5 Å². The zero-order valence-corrected chi connectivity index (χ0v) is 7.64. The molecule has 0 spiro atoms. The molecule has 1 fully saturated rings. The van der Waals surface area contributed by atoms with E-state index in [-0.39, 0.29) is 11.4 Å². The average Bonchev–Trinajstić information content (AvgIpc) is 2.85. The third-order valence-corrected chi connectivity index (χ3v) is 2.41. The Hall–Kier alpha value is -0.570. The number of unbranched alkanes of at least 4 members (excludes halogenated alkanes) is 1. The van der Waals surface area contributed by atoms with Crippen molar-refractivity contribution in [3.63, 3.8) is 0 Å². The van der Waals surface area contributed by atoms with Crippen molar-refractivity contribution in [2.45, 2.75) is 32.6 Å². The van der Waals surface area contributed by atoms with Crippen molar-refractivity contribution in [1.82, 2.24) is 0 Å². The highest BCUT2D eigenvalue weighted by atomic mass is 16.5. The fourth-order valence-electron chi connectivity index (χ4n) is 1.10. The van der Waals surface area contributed by atoms with Gasteiger partial charge >= 0.3 is 5.97 Å².